The topological polar surface area (TPSA) is 73.8 Å². The van der Waals surface area contributed by atoms with Crippen LogP contribution in [0.1, 0.15) is 34.2 Å². The highest BCUT2D eigenvalue weighted by atomic mass is 15.3. The first-order valence-corrected chi connectivity index (χ1v) is 11.0. The molecule has 0 saturated heterocycles. The van der Waals surface area contributed by atoms with Crippen molar-refractivity contribution in [2.45, 2.75) is 34.1 Å². The van der Waals surface area contributed by atoms with Gasteiger partial charge in [0.25, 0.3) is 0 Å². The Morgan fingerprint density at radius 3 is 2.42 bits per heavy atom. The molecule has 2 aromatic carbocycles. The van der Waals surface area contributed by atoms with Gasteiger partial charge in [-0.25, -0.2) is 4.98 Å². The quantitative estimate of drug-likeness (QED) is 0.396. The van der Waals surface area contributed by atoms with Crippen molar-refractivity contribution in [1.82, 2.24) is 29.3 Å². The molecule has 6 rings (SSSR count). The lowest BCUT2D eigenvalue weighted by molar-refractivity contribution is 0.923. The second kappa shape index (κ2) is 7.20. The van der Waals surface area contributed by atoms with Gasteiger partial charge in [0.05, 0.1) is 35.2 Å². The molecule has 33 heavy (non-hydrogen) atoms. The molecule has 0 unspecified atom stereocenters. The number of pyridine rings is 1. The maximum atomic E-state index is 5.10. The average molecular weight is 434 g/mol. The number of benzene rings is 2. The van der Waals surface area contributed by atoms with Crippen molar-refractivity contribution in [3.8, 4) is 11.4 Å². The highest BCUT2D eigenvalue weighted by Crippen LogP contribution is 2.33. The lowest BCUT2D eigenvalue weighted by atomic mass is 10.1. The number of hydrogen-bond acceptors (Lipinski definition) is 5. The zero-order chi connectivity index (χ0) is 22.7. The van der Waals surface area contributed by atoms with E-state index in [0.717, 1.165) is 56.8 Å². The Morgan fingerprint density at radius 2 is 1.61 bits per heavy atom. The molecule has 0 N–H and O–H groups in total. The minimum Gasteiger partial charge on any atom is -0.296 e. The number of hydrogen-bond donors (Lipinski definition) is 0. The fourth-order valence-corrected chi connectivity index (χ4v) is 4.57. The van der Waals surface area contributed by atoms with E-state index in [1.807, 2.05) is 19.9 Å². The highest BCUT2D eigenvalue weighted by molar-refractivity contribution is 6.04. The molecule has 0 bridgehead atoms. The normalized spacial score (nSPS) is 12.9. The minimum absolute atomic E-state index is 0.617. The monoisotopic (exact) mass is 433 g/mol. The van der Waals surface area contributed by atoms with Gasteiger partial charge in [-0.15, -0.1) is 10.2 Å². The van der Waals surface area contributed by atoms with Crippen molar-refractivity contribution < 1.29 is 0 Å². The van der Waals surface area contributed by atoms with Gasteiger partial charge in [-0.1, -0.05) is 12.1 Å². The van der Waals surface area contributed by atoms with Gasteiger partial charge in [-0.3, -0.25) is 19.1 Å². The number of aryl methyl sites for hydroxylation is 4. The van der Waals surface area contributed by atoms with Crippen LogP contribution in [-0.2, 0) is 6.42 Å². The van der Waals surface area contributed by atoms with Crippen LogP contribution in [0.2, 0.25) is 0 Å². The molecule has 5 aromatic rings. The standard InChI is InChI=1S/C26H23N7/c1-15-11-22-25(12-16(15)2)33-18(4)30-31-26(33)13-21(29-22)19-5-7-20(8-6-19)32-17(3)28-23-14-27-10-9-24(23)32/h5-12,14H,13H2,1-4H3. The molecular weight excluding hydrogens is 410 g/mol. The van der Waals surface area contributed by atoms with E-state index in [9.17, 15) is 0 Å². The molecule has 3 aromatic heterocycles. The van der Waals surface area contributed by atoms with Crippen molar-refractivity contribution in [2.24, 2.45) is 4.99 Å². The Labute approximate surface area is 191 Å². The fourth-order valence-electron chi connectivity index (χ4n) is 4.57. The van der Waals surface area contributed by atoms with E-state index >= 15 is 0 Å². The second-order valence-electron chi connectivity index (χ2n) is 8.56. The van der Waals surface area contributed by atoms with Crippen molar-refractivity contribution >= 4 is 22.4 Å². The summed E-state index contributed by atoms with van der Waals surface area (Å²) >= 11 is 0. The fraction of sp³-hybridized carbons (Fsp3) is 0.192. The van der Waals surface area contributed by atoms with Gasteiger partial charge in [0.15, 0.2) is 0 Å². The molecule has 1 aliphatic heterocycles. The summed E-state index contributed by atoms with van der Waals surface area (Å²) in [6, 6.07) is 14.8. The van der Waals surface area contributed by atoms with Crippen LogP contribution in [0.4, 0.5) is 5.69 Å². The summed E-state index contributed by atoms with van der Waals surface area (Å²) in [5, 5.41) is 8.81. The predicted molar refractivity (Wildman–Crippen MR) is 129 cm³/mol. The van der Waals surface area contributed by atoms with E-state index in [1.165, 1.54) is 11.1 Å². The molecule has 0 amide bonds. The molecule has 7 heteroatoms. The van der Waals surface area contributed by atoms with Crippen LogP contribution in [0.15, 0.2) is 59.9 Å². The molecule has 162 valence electrons. The Hall–Kier alpha value is -4.13. The van der Waals surface area contributed by atoms with Gasteiger partial charge in [0, 0.05) is 11.9 Å². The van der Waals surface area contributed by atoms with E-state index in [4.69, 9.17) is 4.99 Å². The summed E-state index contributed by atoms with van der Waals surface area (Å²) in [4.78, 5) is 13.9. The Balaban J connectivity index is 1.46. The first kappa shape index (κ1) is 19.5. The third-order valence-electron chi connectivity index (χ3n) is 6.39. The molecule has 1 aliphatic rings. The zero-order valence-corrected chi connectivity index (χ0v) is 19.0. The molecule has 0 atom stereocenters. The van der Waals surface area contributed by atoms with Gasteiger partial charge >= 0.3 is 0 Å². The van der Waals surface area contributed by atoms with E-state index in [2.05, 4.69) is 79.5 Å². The van der Waals surface area contributed by atoms with Crippen molar-refractivity contribution in [3.63, 3.8) is 0 Å². The summed E-state index contributed by atoms with van der Waals surface area (Å²) in [7, 11) is 0. The van der Waals surface area contributed by atoms with E-state index < -0.39 is 0 Å². The maximum absolute atomic E-state index is 5.10. The predicted octanol–water partition coefficient (Wildman–Crippen LogP) is 4.91. The molecule has 0 saturated carbocycles. The summed E-state index contributed by atoms with van der Waals surface area (Å²) in [6.07, 6.45) is 4.21. The molecular formula is C26H23N7. The third-order valence-corrected chi connectivity index (χ3v) is 6.39. The number of nitrogens with zero attached hydrogens (tertiary/aromatic N) is 7. The summed E-state index contributed by atoms with van der Waals surface area (Å²) < 4.78 is 4.28. The Morgan fingerprint density at radius 1 is 0.818 bits per heavy atom. The van der Waals surface area contributed by atoms with Crippen molar-refractivity contribution in [3.05, 3.63) is 89.0 Å². The third kappa shape index (κ3) is 3.08. The molecule has 0 radical (unpaired) electrons. The van der Waals surface area contributed by atoms with Gasteiger partial charge in [-0.05, 0) is 74.7 Å². The first-order chi connectivity index (χ1) is 16.0. The zero-order valence-electron chi connectivity index (χ0n) is 19.0. The van der Waals surface area contributed by atoms with Crippen LogP contribution in [-0.4, -0.2) is 35.0 Å². The largest absolute Gasteiger partial charge is 0.296 e. The Bertz CT molecular complexity index is 1570. The number of rotatable bonds is 2. The molecule has 0 spiro atoms. The van der Waals surface area contributed by atoms with Crippen LogP contribution in [0.25, 0.3) is 22.4 Å². The lowest BCUT2D eigenvalue weighted by Gasteiger charge is -2.11. The van der Waals surface area contributed by atoms with E-state index in [0.29, 0.717) is 6.42 Å². The van der Waals surface area contributed by atoms with Crippen LogP contribution < -0.4 is 0 Å². The average Bonchev–Trinajstić information content (AvgIpc) is 3.29. The van der Waals surface area contributed by atoms with Gasteiger partial charge in [0.1, 0.15) is 23.0 Å². The number of aliphatic imine (C=N–C) groups is 1. The highest BCUT2D eigenvalue weighted by Gasteiger charge is 2.22. The summed E-state index contributed by atoms with van der Waals surface area (Å²) in [5.74, 6) is 2.71. The molecule has 0 aliphatic carbocycles. The van der Waals surface area contributed by atoms with Crippen LogP contribution in [0.3, 0.4) is 0 Å². The smallest absolute Gasteiger partial charge is 0.143 e. The lowest BCUT2D eigenvalue weighted by Crippen LogP contribution is -2.09. The molecule has 0 fully saturated rings. The molecule has 7 nitrogen and oxygen atoms in total. The van der Waals surface area contributed by atoms with E-state index in [-0.39, 0.29) is 0 Å². The summed E-state index contributed by atoms with van der Waals surface area (Å²) in [6.45, 7) is 8.25. The number of aromatic nitrogens is 6. The maximum Gasteiger partial charge on any atom is 0.143 e. The summed E-state index contributed by atoms with van der Waals surface area (Å²) in [5.41, 5.74) is 9.49. The van der Waals surface area contributed by atoms with Crippen molar-refractivity contribution in [2.75, 3.05) is 0 Å². The number of imidazole rings is 1. The van der Waals surface area contributed by atoms with Gasteiger partial charge in [0.2, 0.25) is 0 Å². The molecule has 4 heterocycles. The van der Waals surface area contributed by atoms with Crippen molar-refractivity contribution in [1.29, 1.82) is 0 Å². The first-order valence-electron chi connectivity index (χ1n) is 11.0. The Kier molecular flexibility index (Phi) is 4.26. The van der Waals surface area contributed by atoms with Crippen LogP contribution >= 0.6 is 0 Å². The van der Waals surface area contributed by atoms with Crippen LogP contribution in [0.5, 0.6) is 0 Å². The van der Waals surface area contributed by atoms with E-state index in [1.54, 1.807) is 12.4 Å². The van der Waals surface area contributed by atoms with Crippen LogP contribution in [0, 0.1) is 27.7 Å². The van der Waals surface area contributed by atoms with Gasteiger partial charge in [-0.2, -0.15) is 0 Å². The SMILES string of the molecule is Cc1cc2c(cc1C)-n1c(C)nnc1CC(c1ccc(-n3c(C)nc4cnccc43)cc1)=N2. The van der Waals surface area contributed by atoms with Gasteiger partial charge < -0.3 is 0 Å². The minimum atomic E-state index is 0.617. The number of fused-ring (bicyclic) bond motifs is 4. The second-order valence-corrected chi connectivity index (χ2v) is 8.56.